The van der Waals surface area contributed by atoms with Crippen molar-refractivity contribution < 1.29 is 9.47 Å². The average Bonchev–Trinajstić information content (AvgIpc) is 2.84. The van der Waals surface area contributed by atoms with E-state index in [1.165, 1.54) is 6.42 Å². The zero-order valence-electron chi connectivity index (χ0n) is 12.4. The molecule has 1 atom stereocenters. The second kappa shape index (κ2) is 11.7. The molecule has 1 N–H and O–H groups in total. The Bertz CT molecular complexity index is 252. The Labute approximate surface area is 134 Å². The summed E-state index contributed by atoms with van der Waals surface area (Å²) in [4.78, 5) is 6.64. The van der Waals surface area contributed by atoms with E-state index in [-0.39, 0.29) is 24.0 Å². The van der Waals surface area contributed by atoms with E-state index in [0.717, 1.165) is 38.6 Å². The molecule has 1 fully saturated rings. The van der Waals surface area contributed by atoms with E-state index in [9.17, 15) is 0 Å². The maximum atomic E-state index is 5.59. The van der Waals surface area contributed by atoms with Gasteiger partial charge in [0.25, 0.3) is 0 Å². The van der Waals surface area contributed by atoms with Crippen molar-refractivity contribution in [1.82, 2.24) is 10.2 Å². The number of aliphatic imine (C=N–C) groups is 1. The van der Waals surface area contributed by atoms with Crippen molar-refractivity contribution in [2.24, 2.45) is 10.9 Å². The van der Waals surface area contributed by atoms with Crippen LogP contribution in [0.4, 0.5) is 0 Å². The van der Waals surface area contributed by atoms with Crippen LogP contribution < -0.4 is 5.32 Å². The summed E-state index contributed by atoms with van der Waals surface area (Å²) in [5.74, 6) is 1.64. The lowest BCUT2D eigenvalue weighted by Gasteiger charge is -2.21. The normalized spacial score (nSPS) is 19.4. The van der Waals surface area contributed by atoms with Crippen molar-refractivity contribution >= 4 is 29.9 Å². The topological polar surface area (TPSA) is 46.1 Å². The zero-order chi connectivity index (χ0) is 13.2. The molecule has 5 nitrogen and oxygen atoms in total. The first-order chi connectivity index (χ1) is 8.81. The number of rotatable bonds is 7. The van der Waals surface area contributed by atoms with E-state index in [1.54, 1.807) is 7.11 Å². The van der Waals surface area contributed by atoms with E-state index in [4.69, 9.17) is 9.47 Å². The van der Waals surface area contributed by atoms with Crippen LogP contribution in [0.25, 0.3) is 0 Å². The smallest absolute Gasteiger partial charge is 0.193 e. The Morgan fingerprint density at radius 3 is 2.84 bits per heavy atom. The summed E-state index contributed by atoms with van der Waals surface area (Å²) >= 11 is 0. The van der Waals surface area contributed by atoms with Gasteiger partial charge in [-0.1, -0.05) is 6.92 Å². The standard InChI is InChI=1S/C13H27N3O2.HI/c1-4-6-15-13(14-2)16-7-5-12(10-16)11-18-9-8-17-3;/h12H,4-11H2,1-3H3,(H,14,15);1H. The maximum absolute atomic E-state index is 5.59. The third-order valence-electron chi connectivity index (χ3n) is 3.12. The van der Waals surface area contributed by atoms with Crippen LogP contribution in [0.2, 0.25) is 0 Å². The summed E-state index contributed by atoms with van der Waals surface area (Å²) in [6.45, 7) is 7.45. The molecule has 6 heteroatoms. The van der Waals surface area contributed by atoms with E-state index < -0.39 is 0 Å². The Balaban J connectivity index is 0.00000324. The van der Waals surface area contributed by atoms with Crippen LogP contribution >= 0.6 is 24.0 Å². The number of likely N-dealkylation sites (tertiary alicyclic amines) is 1. The molecule has 0 aromatic heterocycles. The molecule has 0 spiro atoms. The minimum Gasteiger partial charge on any atom is -0.382 e. The van der Waals surface area contributed by atoms with Gasteiger partial charge in [-0.2, -0.15) is 0 Å². The molecule has 0 aromatic rings. The molecule has 0 aliphatic carbocycles. The predicted molar refractivity (Wildman–Crippen MR) is 89.4 cm³/mol. The third-order valence-corrected chi connectivity index (χ3v) is 3.12. The van der Waals surface area contributed by atoms with Crippen LogP contribution in [0.5, 0.6) is 0 Å². The van der Waals surface area contributed by atoms with E-state index in [2.05, 4.69) is 22.1 Å². The van der Waals surface area contributed by atoms with Gasteiger partial charge in [0, 0.05) is 39.7 Å². The van der Waals surface area contributed by atoms with Crippen molar-refractivity contribution in [2.75, 3.05) is 53.6 Å². The number of ether oxygens (including phenoxy) is 2. The molecule has 1 heterocycles. The van der Waals surface area contributed by atoms with Crippen molar-refractivity contribution in [3.63, 3.8) is 0 Å². The molecule has 1 aliphatic rings. The van der Waals surface area contributed by atoms with Gasteiger partial charge in [-0.05, 0) is 12.8 Å². The summed E-state index contributed by atoms with van der Waals surface area (Å²) in [5, 5.41) is 3.37. The van der Waals surface area contributed by atoms with Gasteiger partial charge < -0.3 is 19.7 Å². The fourth-order valence-electron chi connectivity index (χ4n) is 2.12. The number of methoxy groups -OCH3 is 1. The van der Waals surface area contributed by atoms with Gasteiger partial charge in [0.2, 0.25) is 0 Å². The SMILES string of the molecule is CCCNC(=NC)N1CCC(COCCOC)C1.I. The van der Waals surface area contributed by atoms with Gasteiger partial charge in [-0.25, -0.2) is 0 Å². The average molecular weight is 385 g/mol. The van der Waals surface area contributed by atoms with Crippen LogP contribution in [0.3, 0.4) is 0 Å². The largest absolute Gasteiger partial charge is 0.382 e. The Morgan fingerprint density at radius 2 is 2.21 bits per heavy atom. The summed E-state index contributed by atoms with van der Waals surface area (Å²) in [5.41, 5.74) is 0. The molecule has 0 saturated carbocycles. The minimum absolute atomic E-state index is 0. The van der Waals surface area contributed by atoms with E-state index >= 15 is 0 Å². The molecule has 1 unspecified atom stereocenters. The van der Waals surface area contributed by atoms with Crippen LogP contribution in [0.15, 0.2) is 4.99 Å². The van der Waals surface area contributed by atoms with Crippen LogP contribution in [-0.4, -0.2) is 64.5 Å². The molecule has 1 saturated heterocycles. The predicted octanol–water partition coefficient (Wildman–Crippen LogP) is 1.57. The van der Waals surface area contributed by atoms with Gasteiger partial charge in [-0.3, -0.25) is 4.99 Å². The highest BCUT2D eigenvalue weighted by molar-refractivity contribution is 14.0. The number of halogens is 1. The maximum Gasteiger partial charge on any atom is 0.193 e. The summed E-state index contributed by atoms with van der Waals surface area (Å²) < 4.78 is 10.6. The molecule has 0 aromatic carbocycles. The Kier molecular flexibility index (Phi) is 11.7. The second-order valence-corrected chi connectivity index (χ2v) is 4.64. The van der Waals surface area contributed by atoms with Crippen LogP contribution in [0.1, 0.15) is 19.8 Å². The molecule has 0 radical (unpaired) electrons. The molecule has 0 bridgehead atoms. The molecule has 1 aliphatic heterocycles. The monoisotopic (exact) mass is 385 g/mol. The first kappa shape index (κ1) is 18.9. The van der Waals surface area contributed by atoms with Crippen LogP contribution in [-0.2, 0) is 9.47 Å². The lowest BCUT2D eigenvalue weighted by Crippen LogP contribution is -2.40. The van der Waals surface area contributed by atoms with Gasteiger partial charge in [0.1, 0.15) is 0 Å². The number of nitrogens with zero attached hydrogens (tertiary/aromatic N) is 2. The number of guanidine groups is 1. The van der Waals surface area contributed by atoms with Gasteiger partial charge in [-0.15, -0.1) is 24.0 Å². The third kappa shape index (κ3) is 7.31. The number of hydrogen-bond acceptors (Lipinski definition) is 3. The minimum atomic E-state index is 0. The molecule has 19 heavy (non-hydrogen) atoms. The summed E-state index contributed by atoms with van der Waals surface area (Å²) in [6.07, 6.45) is 2.30. The highest BCUT2D eigenvalue weighted by Crippen LogP contribution is 2.16. The van der Waals surface area contributed by atoms with Crippen molar-refractivity contribution in [3.8, 4) is 0 Å². The van der Waals surface area contributed by atoms with Gasteiger partial charge in [0.05, 0.1) is 19.8 Å². The first-order valence-corrected chi connectivity index (χ1v) is 6.84. The van der Waals surface area contributed by atoms with Gasteiger partial charge >= 0.3 is 0 Å². The van der Waals surface area contributed by atoms with Crippen molar-refractivity contribution in [1.29, 1.82) is 0 Å². The fraction of sp³-hybridized carbons (Fsp3) is 0.923. The quantitative estimate of drug-likeness (QED) is 0.313. The first-order valence-electron chi connectivity index (χ1n) is 6.84. The zero-order valence-corrected chi connectivity index (χ0v) is 14.7. The fourth-order valence-corrected chi connectivity index (χ4v) is 2.12. The van der Waals surface area contributed by atoms with E-state index in [1.807, 2.05) is 7.05 Å². The summed E-state index contributed by atoms with van der Waals surface area (Å²) in [7, 11) is 3.55. The van der Waals surface area contributed by atoms with Crippen molar-refractivity contribution in [2.45, 2.75) is 19.8 Å². The molecule has 1 rings (SSSR count). The lowest BCUT2D eigenvalue weighted by molar-refractivity contribution is 0.0536. The number of hydrogen-bond donors (Lipinski definition) is 1. The van der Waals surface area contributed by atoms with Crippen LogP contribution in [0, 0.1) is 5.92 Å². The number of nitrogens with one attached hydrogen (secondary N) is 1. The van der Waals surface area contributed by atoms with Gasteiger partial charge in [0.15, 0.2) is 5.96 Å². The highest BCUT2D eigenvalue weighted by Gasteiger charge is 2.24. The van der Waals surface area contributed by atoms with Crippen molar-refractivity contribution in [3.05, 3.63) is 0 Å². The highest BCUT2D eigenvalue weighted by atomic mass is 127. The molecular weight excluding hydrogens is 357 g/mol. The molecular formula is C13H28IN3O2. The Morgan fingerprint density at radius 1 is 1.42 bits per heavy atom. The van der Waals surface area contributed by atoms with E-state index in [0.29, 0.717) is 19.1 Å². The summed E-state index contributed by atoms with van der Waals surface area (Å²) in [6, 6.07) is 0. The lowest BCUT2D eigenvalue weighted by atomic mass is 10.1. The molecule has 114 valence electrons. The Hall–Kier alpha value is -0.0800. The second-order valence-electron chi connectivity index (χ2n) is 4.64. The molecule has 0 amide bonds.